The van der Waals surface area contributed by atoms with E-state index in [1.165, 1.54) is 14.0 Å². The molecule has 3 atom stereocenters. The summed E-state index contributed by atoms with van der Waals surface area (Å²) < 4.78 is 0. The molecule has 1 rings (SSSR count). The molecule has 2 N–H and O–H groups in total. The Morgan fingerprint density at radius 2 is 1.94 bits per heavy atom. The second-order valence-corrected chi connectivity index (χ2v) is 3.96. The molecule has 0 heterocycles. The predicted molar refractivity (Wildman–Crippen MR) is 68.2 cm³/mol. The van der Waals surface area contributed by atoms with Gasteiger partial charge in [0.25, 0.3) is 0 Å². The molecular formula is C12H27NO4. The zero-order chi connectivity index (χ0) is 13.4. The van der Waals surface area contributed by atoms with Gasteiger partial charge in [-0.3, -0.25) is 14.4 Å². The molecule has 0 aromatic rings. The third-order valence-corrected chi connectivity index (χ3v) is 2.93. The number of aliphatic hydroxyl groups is 1. The number of hydrogen-bond acceptors (Lipinski definition) is 4. The van der Waals surface area contributed by atoms with Crippen LogP contribution in [0, 0.1) is 11.8 Å². The van der Waals surface area contributed by atoms with E-state index >= 15 is 0 Å². The van der Waals surface area contributed by atoms with Crippen LogP contribution in [0.4, 0.5) is 0 Å². The summed E-state index contributed by atoms with van der Waals surface area (Å²) in [7, 11) is 1.35. The van der Waals surface area contributed by atoms with Crippen LogP contribution in [0.15, 0.2) is 0 Å². The Morgan fingerprint density at radius 3 is 2.35 bits per heavy atom. The highest BCUT2D eigenvalue weighted by molar-refractivity contribution is 5.81. The lowest BCUT2D eigenvalue weighted by Crippen LogP contribution is -2.41. The molecule has 1 aliphatic carbocycles. The highest BCUT2D eigenvalue weighted by atomic mass is 16.6. The number of hydroxylamine groups is 1. The van der Waals surface area contributed by atoms with Crippen LogP contribution in [0.2, 0.25) is 0 Å². The van der Waals surface area contributed by atoms with Crippen molar-refractivity contribution in [1.29, 1.82) is 0 Å². The van der Waals surface area contributed by atoms with Crippen molar-refractivity contribution in [3.63, 3.8) is 0 Å². The van der Waals surface area contributed by atoms with Crippen molar-refractivity contribution in [2.45, 2.75) is 46.1 Å². The van der Waals surface area contributed by atoms with Crippen molar-refractivity contribution in [2.24, 2.45) is 11.8 Å². The fraction of sp³-hybridized carbons (Fsp3) is 0.833. The van der Waals surface area contributed by atoms with Gasteiger partial charge >= 0.3 is 0 Å². The van der Waals surface area contributed by atoms with Crippen molar-refractivity contribution >= 4 is 11.7 Å². The van der Waals surface area contributed by atoms with Gasteiger partial charge in [-0.25, -0.2) is 5.48 Å². The summed E-state index contributed by atoms with van der Waals surface area (Å²) in [6.45, 7) is 5.52. The topological polar surface area (TPSA) is 75.6 Å². The summed E-state index contributed by atoms with van der Waals surface area (Å²) in [5, 5.41) is 9.72. The maximum Gasteiger partial charge on any atom is 0.249 e. The fourth-order valence-corrected chi connectivity index (χ4v) is 2.00. The van der Waals surface area contributed by atoms with Crippen LogP contribution in [0.1, 0.15) is 42.9 Å². The third-order valence-electron chi connectivity index (χ3n) is 2.93. The molecule has 0 aliphatic heterocycles. The van der Waals surface area contributed by atoms with Gasteiger partial charge in [0.05, 0.1) is 19.1 Å². The van der Waals surface area contributed by atoms with Crippen molar-refractivity contribution in [1.82, 2.24) is 5.48 Å². The number of carbonyl (C=O) groups excluding carboxylic acids is 2. The van der Waals surface area contributed by atoms with E-state index in [4.69, 9.17) is 0 Å². The summed E-state index contributed by atoms with van der Waals surface area (Å²) in [5.41, 5.74) is 2.21. The van der Waals surface area contributed by atoms with Crippen molar-refractivity contribution in [2.75, 3.05) is 7.11 Å². The van der Waals surface area contributed by atoms with E-state index in [1.807, 2.05) is 13.8 Å². The Hall–Kier alpha value is -0.940. The highest BCUT2D eigenvalue weighted by Gasteiger charge is 2.35. The van der Waals surface area contributed by atoms with Crippen molar-refractivity contribution in [3.05, 3.63) is 0 Å². The van der Waals surface area contributed by atoms with Crippen LogP contribution < -0.4 is 5.48 Å². The average Bonchev–Trinajstić information content (AvgIpc) is 2.31. The highest BCUT2D eigenvalue weighted by Crippen LogP contribution is 2.29. The van der Waals surface area contributed by atoms with Crippen LogP contribution in [-0.4, -0.2) is 30.0 Å². The Morgan fingerprint density at radius 1 is 1.35 bits per heavy atom. The maximum absolute atomic E-state index is 11.4. The molecule has 0 aromatic heterocycles. The Balaban J connectivity index is -0.000000609. The summed E-state index contributed by atoms with van der Waals surface area (Å²) in [4.78, 5) is 27.0. The van der Waals surface area contributed by atoms with E-state index in [0.717, 1.165) is 0 Å². The van der Waals surface area contributed by atoms with Gasteiger partial charge in [0.1, 0.15) is 5.78 Å². The molecule has 17 heavy (non-hydrogen) atoms. The van der Waals surface area contributed by atoms with Gasteiger partial charge in [0.2, 0.25) is 5.91 Å². The van der Waals surface area contributed by atoms with Crippen LogP contribution in [0.25, 0.3) is 0 Å². The molecule has 0 bridgehead atoms. The second kappa shape index (κ2) is 8.20. The molecule has 1 fully saturated rings. The van der Waals surface area contributed by atoms with Crippen molar-refractivity contribution < 1.29 is 22.4 Å². The number of Topliss-reactive ketones (excluding diaryl/α,β-unsaturated/α-hetero) is 1. The number of hydrogen-bond donors (Lipinski definition) is 2. The molecule has 0 radical (unpaired) electrons. The number of carbonyl (C=O) groups is 2. The van der Waals surface area contributed by atoms with Gasteiger partial charge in [-0.05, 0) is 26.2 Å². The van der Waals surface area contributed by atoms with Crippen LogP contribution in [0.3, 0.4) is 0 Å². The molecule has 5 nitrogen and oxygen atoms in total. The van der Waals surface area contributed by atoms with Gasteiger partial charge in [0.15, 0.2) is 0 Å². The van der Waals surface area contributed by atoms with Crippen molar-refractivity contribution in [3.8, 4) is 0 Å². The minimum absolute atomic E-state index is 0. The Bertz CT molecular complexity index is 264. The molecule has 5 heteroatoms. The number of ketones is 1. The average molecular weight is 249 g/mol. The summed E-state index contributed by atoms with van der Waals surface area (Å²) in [6.07, 6.45) is 0.814. The quantitative estimate of drug-likeness (QED) is 0.744. The van der Waals surface area contributed by atoms with Crippen LogP contribution in [0.5, 0.6) is 0 Å². The molecule has 0 spiro atoms. The standard InChI is InChI=1S/C10H17NO4.C2H6.2H2/c1-6(12)7-3-4-8(9(13)5-7)10(14)11-15-2;1-2;;/h7-9,13H,3-5H2,1-2H3,(H,11,14);1-2H3;2*1H. The largest absolute Gasteiger partial charge is 0.392 e. The second-order valence-electron chi connectivity index (χ2n) is 3.96. The lowest BCUT2D eigenvalue weighted by atomic mass is 9.78. The van der Waals surface area contributed by atoms with E-state index in [1.54, 1.807) is 0 Å². The van der Waals surface area contributed by atoms with E-state index < -0.39 is 12.0 Å². The summed E-state index contributed by atoms with van der Waals surface area (Å²) in [5.74, 6) is -0.793. The molecular weight excluding hydrogens is 222 g/mol. The van der Waals surface area contributed by atoms with Crippen LogP contribution >= 0.6 is 0 Å². The Labute approximate surface area is 105 Å². The molecule has 104 valence electrons. The van der Waals surface area contributed by atoms with E-state index in [9.17, 15) is 14.7 Å². The first kappa shape index (κ1) is 16.1. The zero-order valence-electron chi connectivity index (χ0n) is 11.0. The zero-order valence-corrected chi connectivity index (χ0v) is 11.0. The molecule has 0 saturated heterocycles. The third kappa shape index (κ3) is 4.83. The number of rotatable bonds is 3. The molecule has 0 aromatic carbocycles. The predicted octanol–water partition coefficient (Wildman–Crippen LogP) is 1.55. The minimum Gasteiger partial charge on any atom is -0.392 e. The number of nitrogens with one attached hydrogen (secondary N) is 1. The van der Waals surface area contributed by atoms with E-state index in [2.05, 4.69) is 10.3 Å². The number of aliphatic hydroxyl groups excluding tert-OH is 1. The normalized spacial score (nSPS) is 27.7. The number of amides is 1. The molecule has 1 amide bonds. The van der Waals surface area contributed by atoms with Gasteiger partial charge in [-0.1, -0.05) is 13.8 Å². The lowest BCUT2D eigenvalue weighted by Gasteiger charge is -2.30. The first-order chi connectivity index (χ1) is 8.06. The first-order valence-electron chi connectivity index (χ1n) is 6.07. The fourth-order valence-electron chi connectivity index (χ4n) is 2.00. The molecule has 3 unspecified atom stereocenters. The SMILES string of the molecule is CC.CONC(=O)C1CCC(C(C)=O)CC1O.[HH].[HH]. The summed E-state index contributed by atoms with van der Waals surface area (Å²) >= 11 is 0. The van der Waals surface area contributed by atoms with Gasteiger partial charge in [0, 0.05) is 8.77 Å². The minimum atomic E-state index is -0.747. The molecule has 1 aliphatic rings. The monoisotopic (exact) mass is 249 g/mol. The Kier molecular flexibility index (Phi) is 7.74. The summed E-state index contributed by atoms with van der Waals surface area (Å²) in [6, 6.07) is 0. The van der Waals surface area contributed by atoms with E-state index in [-0.39, 0.29) is 20.5 Å². The van der Waals surface area contributed by atoms with Gasteiger partial charge in [-0.2, -0.15) is 0 Å². The molecule has 1 saturated carbocycles. The van der Waals surface area contributed by atoms with Gasteiger partial charge in [-0.15, -0.1) is 0 Å². The van der Waals surface area contributed by atoms with Crippen LogP contribution in [-0.2, 0) is 14.4 Å². The first-order valence-corrected chi connectivity index (χ1v) is 6.07. The van der Waals surface area contributed by atoms with Gasteiger partial charge < -0.3 is 5.11 Å². The maximum atomic E-state index is 11.4. The smallest absolute Gasteiger partial charge is 0.249 e. The lowest BCUT2D eigenvalue weighted by molar-refractivity contribution is -0.143. The van der Waals surface area contributed by atoms with E-state index in [0.29, 0.717) is 19.3 Å².